The zero-order valence-electron chi connectivity index (χ0n) is 7.80. The Hall–Kier alpha value is -1.22. The molecule has 1 rings (SSSR count). The molecular weight excluding hydrogens is 144 g/mol. The Morgan fingerprint density at radius 1 is 1.42 bits per heavy atom. The maximum atomic E-state index is 5.22. The normalized spacial score (nSPS) is 7.83. The maximum Gasteiger partial charge on any atom is 0.0245 e. The van der Waals surface area contributed by atoms with Gasteiger partial charge in [-0.3, -0.25) is 0 Å². The van der Waals surface area contributed by atoms with Crippen LogP contribution in [0.15, 0.2) is 24.3 Å². The van der Waals surface area contributed by atoms with Crippen LogP contribution in [0.1, 0.15) is 25.0 Å². The van der Waals surface area contributed by atoms with Gasteiger partial charge >= 0.3 is 0 Å². The molecule has 0 amide bonds. The summed E-state index contributed by atoms with van der Waals surface area (Å²) in [5, 5.41) is 0. The Balaban J connectivity index is 0.000000561. The number of terminal acetylenes is 1. The zero-order valence-corrected chi connectivity index (χ0v) is 7.80. The quantitative estimate of drug-likeness (QED) is 0.552. The molecule has 0 heterocycles. The molecule has 0 unspecified atom stereocenters. The van der Waals surface area contributed by atoms with Crippen LogP contribution in [0.4, 0.5) is 0 Å². The standard InChI is InChI=1S/C10H10.C2H5/c1-3-9-6-5-7-10(4-2)8-9;1-2/h1,5-8H,4H2,2H3;1H2,2H3. The molecule has 0 N–H and O–H groups in total. The predicted molar refractivity (Wildman–Crippen MR) is 54.8 cm³/mol. The van der Waals surface area contributed by atoms with Crippen LogP contribution < -0.4 is 0 Å². The molecule has 0 aliphatic heterocycles. The van der Waals surface area contributed by atoms with Crippen LogP contribution in [0.3, 0.4) is 0 Å². The van der Waals surface area contributed by atoms with Crippen LogP contribution in [0.25, 0.3) is 0 Å². The predicted octanol–water partition coefficient (Wildman–Crippen LogP) is 3.07. The molecule has 0 saturated carbocycles. The number of benzene rings is 1. The largest absolute Gasteiger partial charge is 0.115 e. The van der Waals surface area contributed by atoms with Crippen molar-refractivity contribution in [1.82, 2.24) is 0 Å². The monoisotopic (exact) mass is 159 g/mol. The van der Waals surface area contributed by atoms with Gasteiger partial charge in [0.2, 0.25) is 0 Å². The van der Waals surface area contributed by atoms with Gasteiger partial charge in [0.15, 0.2) is 0 Å². The molecular formula is C12H15. The van der Waals surface area contributed by atoms with Gasteiger partial charge in [0, 0.05) is 5.56 Å². The lowest BCUT2D eigenvalue weighted by Crippen LogP contribution is -1.80. The summed E-state index contributed by atoms with van der Waals surface area (Å²) in [6.45, 7) is 7.12. The highest BCUT2D eigenvalue weighted by molar-refractivity contribution is 5.35. The molecule has 0 nitrogen and oxygen atoms in total. The lowest BCUT2D eigenvalue weighted by atomic mass is 10.1. The van der Waals surface area contributed by atoms with E-state index in [0.717, 1.165) is 12.0 Å². The number of aryl methyl sites for hydroxylation is 1. The average Bonchev–Trinajstić information content (AvgIpc) is 2.21. The molecule has 12 heavy (non-hydrogen) atoms. The van der Waals surface area contributed by atoms with Gasteiger partial charge in [0.05, 0.1) is 0 Å². The molecule has 0 bridgehead atoms. The van der Waals surface area contributed by atoms with Crippen molar-refractivity contribution in [1.29, 1.82) is 0 Å². The number of rotatable bonds is 1. The Labute approximate surface area is 75.6 Å². The molecule has 63 valence electrons. The van der Waals surface area contributed by atoms with Crippen molar-refractivity contribution in [3.8, 4) is 12.3 Å². The smallest absolute Gasteiger partial charge is 0.0245 e. The molecule has 0 atom stereocenters. The summed E-state index contributed by atoms with van der Waals surface area (Å²) >= 11 is 0. The van der Waals surface area contributed by atoms with Gasteiger partial charge in [-0.05, 0) is 24.1 Å². The minimum atomic E-state index is 0.972. The molecule has 0 heteroatoms. The second-order valence-electron chi connectivity index (χ2n) is 2.20. The van der Waals surface area contributed by atoms with Crippen LogP contribution >= 0.6 is 0 Å². The van der Waals surface area contributed by atoms with Crippen molar-refractivity contribution >= 4 is 0 Å². The van der Waals surface area contributed by atoms with Gasteiger partial charge in [-0.2, -0.15) is 0 Å². The summed E-state index contributed by atoms with van der Waals surface area (Å²) in [7, 11) is 0. The number of hydrogen-bond acceptors (Lipinski definition) is 0. The first-order valence-electron chi connectivity index (χ1n) is 4.13. The van der Waals surface area contributed by atoms with Gasteiger partial charge in [0.1, 0.15) is 0 Å². The summed E-state index contributed by atoms with van der Waals surface area (Å²) in [4.78, 5) is 0. The first kappa shape index (κ1) is 10.8. The molecule has 0 aromatic heterocycles. The van der Waals surface area contributed by atoms with Crippen LogP contribution in [-0.2, 0) is 6.42 Å². The van der Waals surface area contributed by atoms with Gasteiger partial charge in [-0.25, -0.2) is 0 Å². The maximum absolute atomic E-state index is 5.22. The van der Waals surface area contributed by atoms with E-state index >= 15 is 0 Å². The average molecular weight is 159 g/mol. The third-order valence-electron chi connectivity index (χ3n) is 1.50. The van der Waals surface area contributed by atoms with Gasteiger partial charge < -0.3 is 0 Å². The van der Waals surface area contributed by atoms with Crippen LogP contribution in [-0.4, -0.2) is 0 Å². The van der Waals surface area contributed by atoms with E-state index in [-0.39, 0.29) is 0 Å². The highest BCUT2D eigenvalue weighted by atomic mass is 13.9. The third-order valence-corrected chi connectivity index (χ3v) is 1.50. The van der Waals surface area contributed by atoms with Crippen LogP contribution in [0.2, 0.25) is 0 Å². The van der Waals surface area contributed by atoms with Crippen molar-refractivity contribution in [3.05, 3.63) is 42.3 Å². The van der Waals surface area contributed by atoms with E-state index in [0.29, 0.717) is 0 Å². The minimum absolute atomic E-state index is 0.972. The summed E-state index contributed by atoms with van der Waals surface area (Å²) in [6.07, 6.45) is 6.27. The van der Waals surface area contributed by atoms with E-state index in [4.69, 9.17) is 6.42 Å². The van der Waals surface area contributed by atoms with E-state index in [1.807, 2.05) is 18.2 Å². The third kappa shape index (κ3) is 3.25. The first-order chi connectivity index (χ1) is 5.86. The van der Waals surface area contributed by atoms with E-state index < -0.39 is 0 Å². The van der Waals surface area contributed by atoms with Gasteiger partial charge in [-0.15, -0.1) is 6.42 Å². The fraction of sp³-hybridized carbons (Fsp3) is 0.250. The fourth-order valence-corrected chi connectivity index (χ4v) is 0.881. The molecule has 0 saturated heterocycles. The number of hydrogen-bond donors (Lipinski definition) is 0. The summed E-state index contributed by atoms with van der Waals surface area (Å²) in [6, 6.07) is 8.06. The second-order valence-corrected chi connectivity index (χ2v) is 2.20. The topological polar surface area (TPSA) is 0 Å². The SMILES string of the molecule is C#Cc1cccc(CC)c1.[CH2]C. The van der Waals surface area contributed by atoms with E-state index in [2.05, 4.69) is 25.8 Å². The van der Waals surface area contributed by atoms with Gasteiger partial charge in [-0.1, -0.05) is 38.8 Å². The van der Waals surface area contributed by atoms with Crippen molar-refractivity contribution < 1.29 is 0 Å². The fourth-order valence-electron chi connectivity index (χ4n) is 0.881. The van der Waals surface area contributed by atoms with Crippen molar-refractivity contribution in [2.75, 3.05) is 0 Å². The van der Waals surface area contributed by atoms with E-state index in [1.54, 1.807) is 6.92 Å². The lowest BCUT2D eigenvalue weighted by Gasteiger charge is -1.94. The molecule has 1 aromatic carbocycles. The van der Waals surface area contributed by atoms with E-state index in [9.17, 15) is 0 Å². The van der Waals surface area contributed by atoms with Crippen molar-refractivity contribution in [3.63, 3.8) is 0 Å². The molecule has 0 spiro atoms. The molecule has 1 radical (unpaired) electrons. The van der Waals surface area contributed by atoms with E-state index in [1.165, 1.54) is 5.56 Å². The summed E-state index contributed by atoms with van der Waals surface area (Å²) in [5.74, 6) is 2.60. The van der Waals surface area contributed by atoms with Crippen LogP contribution in [0.5, 0.6) is 0 Å². The Kier molecular flexibility index (Phi) is 5.83. The Morgan fingerprint density at radius 3 is 2.58 bits per heavy atom. The molecule has 0 aliphatic rings. The molecule has 0 fully saturated rings. The second kappa shape index (κ2) is 6.49. The van der Waals surface area contributed by atoms with Gasteiger partial charge in [0.25, 0.3) is 0 Å². The Bertz CT molecular complexity index is 253. The zero-order chi connectivity index (χ0) is 9.40. The molecule has 1 aromatic rings. The lowest BCUT2D eigenvalue weighted by molar-refractivity contribution is 1.14. The summed E-state index contributed by atoms with van der Waals surface area (Å²) < 4.78 is 0. The van der Waals surface area contributed by atoms with Crippen molar-refractivity contribution in [2.24, 2.45) is 0 Å². The Morgan fingerprint density at radius 2 is 2.08 bits per heavy atom. The highest BCUT2D eigenvalue weighted by Crippen LogP contribution is 2.03. The first-order valence-corrected chi connectivity index (χ1v) is 4.13. The minimum Gasteiger partial charge on any atom is -0.115 e. The van der Waals surface area contributed by atoms with Crippen molar-refractivity contribution in [2.45, 2.75) is 20.3 Å². The van der Waals surface area contributed by atoms with Crippen LogP contribution in [0, 0.1) is 19.3 Å². The highest BCUT2D eigenvalue weighted by Gasteiger charge is 1.88. The molecule has 0 aliphatic carbocycles. The summed E-state index contributed by atoms with van der Waals surface area (Å²) in [5.41, 5.74) is 2.27.